The highest BCUT2D eigenvalue weighted by Crippen LogP contribution is 2.33. The summed E-state index contributed by atoms with van der Waals surface area (Å²) in [6.45, 7) is 3.98. The van der Waals surface area contributed by atoms with E-state index < -0.39 is 0 Å². The molecule has 2 heterocycles. The van der Waals surface area contributed by atoms with Crippen molar-refractivity contribution in [3.05, 3.63) is 30.2 Å². The highest BCUT2D eigenvalue weighted by atomic mass is 32.2. The highest BCUT2D eigenvalue weighted by molar-refractivity contribution is 7.99. The van der Waals surface area contributed by atoms with E-state index in [0.29, 0.717) is 5.75 Å². The van der Waals surface area contributed by atoms with Crippen molar-refractivity contribution >= 4 is 34.0 Å². The van der Waals surface area contributed by atoms with Gasteiger partial charge in [0.1, 0.15) is 10.0 Å². The summed E-state index contributed by atoms with van der Waals surface area (Å²) in [7, 11) is 1.81. The van der Waals surface area contributed by atoms with Gasteiger partial charge in [0, 0.05) is 25.0 Å². The van der Waals surface area contributed by atoms with Crippen LogP contribution in [-0.4, -0.2) is 34.4 Å². The molecule has 0 spiro atoms. The van der Waals surface area contributed by atoms with Gasteiger partial charge < -0.3 is 4.90 Å². The number of thioether (sulfide) groups is 1. The van der Waals surface area contributed by atoms with E-state index in [4.69, 9.17) is 0 Å². The topological polar surface area (TPSA) is 46.1 Å². The van der Waals surface area contributed by atoms with Crippen LogP contribution in [0, 0.1) is 6.92 Å². The molecule has 0 bridgehead atoms. The SMILES string of the molecule is CCSCC(=O)N(C)c1sc(-c2cccnc2)nc1C. The lowest BCUT2D eigenvalue weighted by molar-refractivity contribution is -0.115. The van der Waals surface area contributed by atoms with Crippen molar-refractivity contribution in [3.8, 4) is 10.6 Å². The summed E-state index contributed by atoms with van der Waals surface area (Å²) in [4.78, 5) is 22.4. The molecule has 0 aliphatic heterocycles. The Balaban J connectivity index is 2.21. The molecule has 0 saturated heterocycles. The van der Waals surface area contributed by atoms with Crippen LogP contribution < -0.4 is 4.90 Å². The molecular formula is C14H17N3OS2. The van der Waals surface area contributed by atoms with Gasteiger partial charge in [-0.1, -0.05) is 18.3 Å². The molecule has 20 heavy (non-hydrogen) atoms. The van der Waals surface area contributed by atoms with E-state index in [2.05, 4.69) is 16.9 Å². The molecule has 2 aromatic rings. The third-order valence-corrected chi connectivity index (χ3v) is 4.93. The Morgan fingerprint density at radius 1 is 1.50 bits per heavy atom. The molecule has 1 amide bonds. The molecule has 0 aliphatic rings. The van der Waals surface area contributed by atoms with E-state index in [0.717, 1.165) is 27.0 Å². The predicted molar refractivity (Wildman–Crippen MR) is 86.5 cm³/mol. The van der Waals surface area contributed by atoms with Crippen LogP contribution in [0.4, 0.5) is 5.00 Å². The number of anilines is 1. The molecule has 0 radical (unpaired) electrons. The number of carbonyl (C=O) groups is 1. The first-order valence-electron chi connectivity index (χ1n) is 6.35. The molecule has 2 rings (SSSR count). The zero-order valence-electron chi connectivity index (χ0n) is 11.8. The molecule has 6 heteroatoms. The number of thiazole rings is 1. The molecule has 4 nitrogen and oxygen atoms in total. The number of carbonyl (C=O) groups excluding carboxylic acids is 1. The lowest BCUT2D eigenvalue weighted by atomic mass is 10.3. The van der Waals surface area contributed by atoms with Crippen molar-refractivity contribution in [2.75, 3.05) is 23.5 Å². The van der Waals surface area contributed by atoms with Crippen molar-refractivity contribution in [2.45, 2.75) is 13.8 Å². The molecule has 0 fully saturated rings. The lowest BCUT2D eigenvalue weighted by Crippen LogP contribution is -2.27. The van der Waals surface area contributed by atoms with E-state index in [1.54, 1.807) is 29.1 Å². The maximum atomic E-state index is 12.1. The summed E-state index contributed by atoms with van der Waals surface area (Å²) in [5, 5.41) is 1.80. The molecular weight excluding hydrogens is 290 g/mol. The maximum Gasteiger partial charge on any atom is 0.237 e. The smallest absolute Gasteiger partial charge is 0.237 e. The van der Waals surface area contributed by atoms with Gasteiger partial charge in [0.05, 0.1) is 11.4 Å². The van der Waals surface area contributed by atoms with Crippen molar-refractivity contribution in [1.29, 1.82) is 0 Å². The van der Waals surface area contributed by atoms with Gasteiger partial charge in [-0.2, -0.15) is 11.8 Å². The van der Waals surface area contributed by atoms with Crippen molar-refractivity contribution in [3.63, 3.8) is 0 Å². The van der Waals surface area contributed by atoms with Crippen molar-refractivity contribution in [1.82, 2.24) is 9.97 Å². The third-order valence-electron chi connectivity index (χ3n) is 2.79. The van der Waals surface area contributed by atoms with Crippen LogP contribution >= 0.6 is 23.1 Å². The Morgan fingerprint density at radius 2 is 2.30 bits per heavy atom. The predicted octanol–water partition coefficient (Wildman–Crippen LogP) is 3.23. The molecule has 0 atom stereocenters. The summed E-state index contributed by atoms with van der Waals surface area (Å²) < 4.78 is 0. The van der Waals surface area contributed by atoms with Crippen molar-refractivity contribution in [2.24, 2.45) is 0 Å². The van der Waals surface area contributed by atoms with Gasteiger partial charge in [0.2, 0.25) is 5.91 Å². The van der Waals surface area contributed by atoms with E-state index in [-0.39, 0.29) is 5.91 Å². The minimum Gasteiger partial charge on any atom is -0.305 e. The Labute approximate surface area is 127 Å². The second-order valence-corrected chi connectivity index (χ2v) is 6.49. The van der Waals surface area contributed by atoms with E-state index in [9.17, 15) is 4.79 Å². The van der Waals surface area contributed by atoms with Crippen LogP contribution in [0.3, 0.4) is 0 Å². The number of pyridine rings is 1. The van der Waals surface area contributed by atoms with Gasteiger partial charge in [-0.3, -0.25) is 9.78 Å². The fourth-order valence-electron chi connectivity index (χ4n) is 1.71. The van der Waals surface area contributed by atoms with Crippen LogP contribution in [0.5, 0.6) is 0 Å². The Hall–Kier alpha value is -1.40. The zero-order chi connectivity index (χ0) is 14.5. The largest absolute Gasteiger partial charge is 0.305 e. The van der Waals surface area contributed by atoms with Gasteiger partial charge >= 0.3 is 0 Å². The highest BCUT2D eigenvalue weighted by Gasteiger charge is 2.17. The van der Waals surface area contributed by atoms with Crippen molar-refractivity contribution < 1.29 is 4.79 Å². The van der Waals surface area contributed by atoms with Gasteiger partial charge in [-0.05, 0) is 24.8 Å². The fraction of sp³-hybridized carbons (Fsp3) is 0.357. The minimum absolute atomic E-state index is 0.112. The molecule has 0 aliphatic carbocycles. The minimum atomic E-state index is 0.112. The fourth-order valence-corrected chi connectivity index (χ4v) is 3.32. The number of hydrogen-bond acceptors (Lipinski definition) is 5. The number of hydrogen-bond donors (Lipinski definition) is 0. The van der Waals surface area contributed by atoms with Crippen LogP contribution in [0.2, 0.25) is 0 Å². The number of rotatable bonds is 5. The molecule has 106 valence electrons. The van der Waals surface area contributed by atoms with Crippen LogP contribution in [0.1, 0.15) is 12.6 Å². The second-order valence-electron chi connectivity index (χ2n) is 4.24. The van der Waals surface area contributed by atoms with Crippen LogP contribution in [0.15, 0.2) is 24.5 Å². The Morgan fingerprint density at radius 3 is 2.95 bits per heavy atom. The summed E-state index contributed by atoms with van der Waals surface area (Å²) in [6.07, 6.45) is 3.53. The summed E-state index contributed by atoms with van der Waals surface area (Å²) in [5.41, 5.74) is 1.86. The Bertz CT molecular complexity index is 583. The normalized spacial score (nSPS) is 10.6. The van der Waals surface area contributed by atoms with E-state index >= 15 is 0 Å². The van der Waals surface area contributed by atoms with Gasteiger partial charge in [0.15, 0.2) is 0 Å². The quantitative estimate of drug-likeness (QED) is 0.851. The van der Waals surface area contributed by atoms with E-state index in [1.165, 1.54) is 11.3 Å². The molecule has 0 saturated carbocycles. The zero-order valence-corrected chi connectivity index (χ0v) is 13.4. The first-order chi connectivity index (χ1) is 9.63. The average Bonchev–Trinajstić information content (AvgIpc) is 2.87. The van der Waals surface area contributed by atoms with Gasteiger partial charge in [-0.15, -0.1) is 0 Å². The maximum absolute atomic E-state index is 12.1. The Kier molecular flexibility index (Phi) is 5.14. The molecule has 0 N–H and O–H groups in total. The molecule has 0 unspecified atom stereocenters. The van der Waals surface area contributed by atoms with Gasteiger partial charge in [-0.25, -0.2) is 4.98 Å². The third kappa shape index (κ3) is 3.37. The van der Waals surface area contributed by atoms with Crippen LogP contribution in [0.25, 0.3) is 10.6 Å². The standard InChI is InChI=1S/C14H17N3OS2/c1-4-19-9-12(18)17(3)14-10(2)16-13(20-14)11-6-5-7-15-8-11/h5-8H,4,9H2,1-3H3. The first kappa shape index (κ1) is 15.0. The summed E-state index contributed by atoms with van der Waals surface area (Å²) in [6, 6.07) is 3.86. The average molecular weight is 307 g/mol. The second kappa shape index (κ2) is 6.85. The monoisotopic (exact) mass is 307 g/mol. The van der Waals surface area contributed by atoms with Gasteiger partial charge in [0.25, 0.3) is 0 Å². The van der Waals surface area contributed by atoms with E-state index in [1.807, 2.05) is 26.1 Å². The number of nitrogens with zero attached hydrogens (tertiary/aromatic N) is 3. The molecule has 0 aromatic carbocycles. The summed E-state index contributed by atoms with van der Waals surface area (Å²) >= 11 is 3.16. The molecule has 2 aromatic heterocycles. The first-order valence-corrected chi connectivity index (χ1v) is 8.32. The van der Waals surface area contributed by atoms with Crippen LogP contribution in [-0.2, 0) is 4.79 Å². The number of amides is 1. The number of aromatic nitrogens is 2. The lowest BCUT2D eigenvalue weighted by Gasteiger charge is -2.15. The summed E-state index contributed by atoms with van der Waals surface area (Å²) in [5.74, 6) is 1.57. The number of aryl methyl sites for hydroxylation is 1.